The van der Waals surface area contributed by atoms with Crippen molar-refractivity contribution < 1.29 is 5.11 Å². The standard InChI is InChI=1S/C17H12ClN3O/c18-16-14-15(12-8-4-5-9-13(12)19-16)21(17(22)20-14)10-11-6-2-1-3-7-11/h1-9H,10H2,(H,20,22). The summed E-state index contributed by atoms with van der Waals surface area (Å²) in [6.07, 6.45) is 0. The van der Waals surface area contributed by atoms with Gasteiger partial charge in [-0.2, -0.15) is 4.98 Å². The van der Waals surface area contributed by atoms with E-state index in [0.29, 0.717) is 17.2 Å². The van der Waals surface area contributed by atoms with Gasteiger partial charge in [-0.3, -0.25) is 4.57 Å². The smallest absolute Gasteiger partial charge is 0.295 e. The van der Waals surface area contributed by atoms with E-state index in [9.17, 15) is 5.11 Å². The number of rotatable bonds is 2. The van der Waals surface area contributed by atoms with Gasteiger partial charge >= 0.3 is 0 Å². The quantitative estimate of drug-likeness (QED) is 0.570. The lowest BCUT2D eigenvalue weighted by Crippen LogP contribution is -1.99. The molecule has 0 bridgehead atoms. The van der Waals surface area contributed by atoms with E-state index >= 15 is 0 Å². The highest BCUT2D eigenvalue weighted by Crippen LogP contribution is 2.32. The molecule has 22 heavy (non-hydrogen) atoms. The number of fused-ring (bicyclic) bond motifs is 3. The van der Waals surface area contributed by atoms with Crippen LogP contribution in [0.5, 0.6) is 6.01 Å². The van der Waals surface area contributed by atoms with Crippen molar-refractivity contribution in [1.82, 2.24) is 14.5 Å². The Hall–Kier alpha value is -2.59. The molecule has 2 aromatic carbocycles. The summed E-state index contributed by atoms with van der Waals surface area (Å²) in [6, 6.07) is 17.6. The van der Waals surface area contributed by atoms with Crippen molar-refractivity contribution in [2.45, 2.75) is 6.54 Å². The Kier molecular flexibility index (Phi) is 2.98. The van der Waals surface area contributed by atoms with Crippen molar-refractivity contribution in [1.29, 1.82) is 0 Å². The topological polar surface area (TPSA) is 50.9 Å². The molecule has 0 aliphatic rings. The first-order valence-corrected chi connectivity index (χ1v) is 7.29. The molecule has 5 heteroatoms. The summed E-state index contributed by atoms with van der Waals surface area (Å²) in [5.74, 6) is 0. The van der Waals surface area contributed by atoms with E-state index in [4.69, 9.17) is 11.6 Å². The lowest BCUT2D eigenvalue weighted by Gasteiger charge is -2.08. The number of halogens is 1. The van der Waals surface area contributed by atoms with E-state index in [2.05, 4.69) is 9.97 Å². The number of imidazole rings is 1. The molecule has 0 amide bonds. The molecule has 0 aliphatic heterocycles. The molecule has 0 spiro atoms. The van der Waals surface area contributed by atoms with Crippen LogP contribution in [-0.2, 0) is 6.54 Å². The second kappa shape index (κ2) is 5.00. The average molecular weight is 310 g/mol. The molecule has 0 saturated heterocycles. The fourth-order valence-electron chi connectivity index (χ4n) is 2.70. The number of para-hydroxylation sites is 1. The first-order valence-electron chi connectivity index (χ1n) is 6.91. The zero-order chi connectivity index (χ0) is 15.1. The monoisotopic (exact) mass is 309 g/mol. The summed E-state index contributed by atoms with van der Waals surface area (Å²) in [4.78, 5) is 8.53. The van der Waals surface area contributed by atoms with Crippen molar-refractivity contribution in [2.24, 2.45) is 0 Å². The minimum absolute atomic E-state index is 0.0566. The molecule has 108 valence electrons. The number of aromatic nitrogens is 3. The minimum Gasteiger partial charge on any atom is -0.480 e. The minimum atomic E-state index is -0.0566. The number of pyridine rings is 1. The van der Waals surface area contributed by atoms with Gasteiger partial charge in [-0.15, -0.1) is 0 Å². The van der Waals surface area contributed by atoms with E-state index in [-0.39, 0.29) is 6.01 Å². The van der Waals surface area contributed by atoms with Gasteiger partial charge in [-0.25, -0.2) is 4.98 Å². The van der Waals surface area contributed by atoms with Crippen LogP contribution in [0.2, 0.25) is 5.15 Å². The molecule has 0 aliphatic carbocycles. The van der Waals surface area contributed by atoms with Gasteiger partial charge in [0.1, 0.15) is 5.52 Å². The van der Waals surface area contributed by atoms with Crippen molar-refractivity contribution in [3.8, 4) is 6.01 Å². The second-order valence-corrected chi connectivity index (χ2v) is 5.46. The number of hydrogen-bond acceptors (Lipinski definition) is 3. The molecule has 0 saturated carbocycles. The third-order valence-electron chi connectivity index (χ3n) is 3.70. The van der Waals surface area contributed by atoms with E-state index in [1.54, 1.807) is 4.57 Å². The Morgan fingerprint density at radius 1 is 0.955 bits per heavy atom. The summed E-state index contributed by atoms with van der Waals surface area (Å²) in [5, 5.41) is 11.5. The largest absolute Gasteiger partial charge is 0.480 e. The predicted octanol–water partition coefficient (Wildman–Crippen LogP) is 3.99. The van der Waals surface area contributed by atoms with Crippen molar-refractivity contribution in [2.75, 3.05) is 0 Å². The fourth-order valence-corrected chi connectivity index (χ4v) is 2.93. The van der Waals surface area contributed by atoms with Crippen molar-refractivity contribution in [3.63, 3.8) is 0 Å². The number of hydrogen-bond donors (Lipinski definition) is 1. The summed E-state index contributed by atoms with van der Waals surface area (Å²) < 4.78 is 1.76. The van der Waals surface area contributed by atoms with Crippen LogP contribution in [0.4, 0.5) is 0 Å². The molecule has 4 rings (SSSR count). The summed E-state index contributed by atoms with van der Waals surface area (Å²) in [7, 11) is 0. The van der Waals surface area contributed by atoms with Gasteiger partial charge < -0.3 is 5.11 Å². The highest BCUT2D eigenvalue weighted by molar-refractivity contribution is 6.35. The normalized spacial score (nSPS) is 11.3. The zero-order valence-corrected chi connectivity index (χ0v) is 12.3. The molecule has 0 atom stereocenters. The maximum atomic E-state index is 10.2. The Bertz CT molecular complexity index is 979. The van der Waals surface area contributed by atoms with Gasteiger partial charge in [0.2, 0.25) is 0 Å². The molecule has 1 N–H and O–H groups in total. The Morgan fingerprint density at radius 2 is 1.68 bits per heavy atom. The van der Waals surface area contributed by atoms with Gasteiger partial charge in [0.15, 0.2) is 5.15 Å². The molecular formula is C17H12ClN3O. The van der Waals surface area contributed by atoms with Crippen molar-refractivity contribution >= 4 is 33.5 Å². The number of nitrogens with zero attached hydrogens (tertiary/aromatic N) is 3. The molecule has 0 fully saturated rings. The van der Waals surface area contributed by atoms with Gasteiger partial charge in [-0.1, -0.05) is 60.1 Å². The van der Waals surface area contributed by atoms with Crippen LogP contribution in [-0.4, -0.2) is 19.6 Å². The van der Waals surface area contributed by atoms with Crippen LogP contribution in [0.3, 0.4) is 0 Å². The first kappa shape index (κ1) is 13.1. The highest BCUT2D eigenvalue weighted by atomic mass is 35.5. The molecule has 2 aromatic heterocycles. The molecule has 0 radical (unpaired) electrons. The summed E-state index contributed by atoms with van der Waals surface area (Å²) in [5.41, 5.74) is 3.19. The van der Waals surface area contributed by atoms with E-state index in [1.807, 2.05) is 54.6 Å². The number of benzene rings is 2. The van der Waals surface area contributed by atoms with Crippen LogP contribution in [0.15, 0.2) is 54.6 Å². The van der Waals surface area contributed by atoms with Crippen LogP contribution in [0.25, 0.3) is 21.9 Å². The molecule has 0 unspecified atom stereocenters. The van der Waals surface area contributed by atoms with Gasteiger partial charge in [-0.05, 0) is 11.6 Å². The van der Waals surface area contributed by atoms with E-state index < -0.39 is 0 Å². The van der Waals surface area contributed by atoms with Crippen LogP contribution in [0.1, 0.15) is 5.56 Å². The first-order chi connectivity index (χ1) is 10.7. The molecular weight excluding hydrogens is 298 g/mol. The molecule has 4 aromatic rings. The van der Waals surface area contributed by atoms with Crippen LogP contribution >= 0.6 is 11.6 Å². The van der Waals surface area contributed by atoms with Crippen molar-refractivity contribution in [3.05, 3.63) is 65.3 Å². The third kappa shape index (κ3) is 2.00. The Balaban J connectivity index is 2.03. The summed E-state index contributed by atoms with van der Waals surface area (Å²) in [6.45, 7) is 0.521. The van der Waals surface area contributed by atoms with Crippen LogP contribution in [0, 0.1) is 0 Å². The lowest BCUT2D eigenvalue weighted by molar-refractivity contribution is 0.409. The van der Waals surface area contributed by atoms with Crippen LogP contribution < -0.4 is 0 Å². The predicted molar refractivity (Wildman–Crippen MR) is 87.3 cm³/mol. The fraction of sp³-hybridized carbons (Fsp3) is 0.0588. The van der Waals surface area contributed by atoms with Gasteiger partial charge in [0.05, 0.1) is 17.6 Å². The van der Waals surface area contributed by atoms with Gasteiger partial charge in [0, 0.05) is 5.39 Å². The average Bonchev–Trinajstić information content (AvgIpc) is 2.86. The lowest BCUT2D eigenvalue weighted by atomic mass is 10.2. The maximum Gasteiger partial charge on any atom is 0.295 e. The third-order valence-corrected chi connectivity index (χ3v) is 3.97. The second-order valence-electron chi connectivity index (χ2n) is 5.10. The van der Waals surface area contributed by atoms with E-state index in [0.717, 1.165) is 22.0 Å². The Labute approximate surface area is 131 Å². The molecule has 2 heterocycles. The Morgan fingerprint density at radius 3 is 2.50 bits per heavy atom. The molecule has 4 nitrogen and oxygen atoms in total. The number of aromatic hydroxyl groups is 1. The van der Waals surface area contributed by atoms with Gasteiger partial charge in [0.25, 0.3) is 6.01 Å². The summed E-state index contributed by atoms with van der Waals surface area (Å²) >= 11 is 6.23. The highest BCUT2D eigenvalue weighted by Gasteiger charge is 2.17. The SMILES string of the molecule is Oc1nc2c(Cl)nc3ccccc3c2n1Cc1ccccc1. The maximum absolute atomic E-state index is 10.2. The zero-order valence-electron chi connectivity index (χ0n) is 11.6. The van der Waals surface area contributed by atoms with E-state index in [1.165, 1.54) is 0 Å².